The van der Waals surface area contributed by atoms with Crippen LogP contribution in [-0.4, -0.2) is 133 Å². The third-order valence-corrected chi connectivity index (χ3v) is 16.0. The molecule has 5 aliphatic rings. The number of morpholine rings is 1. The second-order valence-electron chi connectivity index (χ2n) is 19.5. The Balaban J connectivity index is 1.19. The second kappa shape index (κ2) is 18.7. The summed E-state index contributed by atoms with van der Waals surface area (Å²) < 4.78 is 90.7. The number of hydrogen-bond donors (Lipinski definition) is 3. The van der Waals surface area contributed by atoms with Crippen LogP contribution < -0.4 is 24.4 Å². The molecule has 68 heavy (non-hydrogen) atoms. The molecule has 0 bridgehead atoms. The fourth-order valence-electron chi connectivity index (χ4n) is 9.88. The average molecular weight is 969 g/mol. The summed E-state index contributed by atoms with van der Waals surface area (Å²) in [6, 6.07) is 11.5. The van der Waals surface area contributed by atoms with E-state index in [1.165, 1.54) is 14.0 Å². The van der Waals surface area contributed by atoms with E-state index in [-0.39, 0.29) is 42.5 Å². The molecule has 4 fully saturated rings. The van der Waals surface area contributed by atoms with Crippen molar-refractivity contribution in [1.29, 1.82) is 0 Å². The van der Waals surface area contributed by atoms with Crippen molar-refractivity contribution in [3.8, 4) is 22.9 Å². The molecule has 3 aliphatic heterocycles. The number of sulfonamides is 1. The number of alkyl halides is 3. The van der Waals surface area contributed by atoms with E-state index >= 15 is 4.79 Å². The van der Waals surface area contributed by atoms with Crippen molar-refractivity contribution >= 4 is 50.3 Å². The first-order valence-corrected chi connectivity index (χ1v) is 24.7. The van der Waals surface area contributed by atoms with Gasteiger partial charge in [0.25, 0.3) is 5.91 Å². The Morgan fingerprint density at radius 2 is 1.72 bits per heavy atom. The van der Waals surface area contributed by atoms with E-state index in [0.29, 0.717) is 75.0 Å². The Bertz CT molecular complexity index is 2570. The normalized spacial score (nSPS) is 27.8. The minimum atomic E-state index is -5.11. The van der Waals surface area contributed by atoms with Crippen molar-refractivity contribution in [1.82, 2.24) is 24.8 Å². The molecule has 8 rings (SSSR count). The minimum Gasteiger partial charge on any atom is -0.497 e. The second-order valence-corrected chi connectivity index (χ2v) is 21.4. The van der Waals surface area contributed by atoms with Crippen molar-refractivity contribution in [2.75, 3.05) is 44.9 Å². The highest BCUT2D eigenvalue weighted by atomic mass is 32.2. The number of carboxylic acid groups (broad SMARTS) is 1. The van der Waals surface area contributed by atoms with Crippen molar-refractivity contribution in [3.63, 3.8) is 0 Å². The van der Waals surface area contributed by atoms with Crippen LogP contribution in [0.1, 0.15) is 72.6 Å². The molecular weight excluding hydrogens is 910 g/mol. The van der Waals surface area contributed by atoms with Gasteiger partial charge in [0.1, 0.15) is 35.0 Å². The zero-order chi connectivity index (χ0) is 48.9. The molecule has 0 unspecified atom stereocenters. The molecule has 4 amide bonds. The van der Waals surface area contributed by atoms with E-state index in [1.54, 1.807) is 24.3 Å². The van der Waals surface area contributed by atoms with Gasteiger partial charge in [-0.15, -0.1) is 0 Å². The highest BCUT2D eigenvalue weighted by Crippen LogP contribution is 2.47. The summed E-state index contributed by atoms with van der Waals surface area (Å²) >= 11 is 0. The molecular formula is C48H59F3N6O10S. The van der Waals surface area contributed by atoms with E-state index in [1.807, 2.05) is 43.3 Å². The van der Waals surface area contributed by atoms with Gasteiger partial charge in [0, 0.05) is 42.1 Å². The lowest BCUT2D eigenvalue weighted by molar-refractivity contribution is -0.222. The lowest BCUT2D eigenvalue weighted by Crippen LogP contribution is -2.66. The van der Waals surface area contributed by atoms with Crippen LogP contribution in [0.5, 0.6) is 11.6 Å². The van der Waals surface area contributed by atoms with Crippen molar-refractivity contribution in [3.05, 3.63) is 60.7 Å². The molecule has 0 radical (unpaired) electrons. The van der Waals surface area contributed by atoms with Gasteiger partial charge in [-0.2, -0.15) is 13.2 Å². The number of nitrogens with zero attached hydrogens (tertiary/aromatic N) is 4. The first-order chi connectivity index (χ1) is 32.1. The molecule has 1 aromatic heterocycles. The molecule has 2 aromatic carbocycles. The summed E-state index contributed by atoms with van der Waals surface area (Å²) in [5.41, 5.74) is -2.51. The van der Waals surface area contributed by atoms with Crippen LogP contribution in [0.3, 0.4) is 0 Å². The van der Waals surface area contributed by atoms with Crippen LogP contribution in [0.25, 0.3) is 22.0 Å². The fraction of sp³-hybridized carbons (Fsp3) is 0.562. The van der Waals surface area contributed by atoms with Crippen LogP contribution in [0.2, 0.25) is 0 Å². The van der Waals surface area contributed by atoms with Gasteiger partial charge < -0.3 is 34.4 Å². The monoisotopic (exact) mass is 968 g/mol. The lowest BCUT2D eigenvalue weighted by atomic mass is 9.85. The summed E-state index contributed by atoms with van der Waals surface area (Å²) in [6.07, 6.45) is -2.91. The highest BCUT2D eigenvalue weighted by molar-refractivity contribution is 7.91. The number of halogens is 3. The van der Waals surface area contributed by atoms with Crippen LogP contribution in [0.15, 0.2) is 60.7 Å². The van der Waals surface area contributed by atoms with E-state index < -0.39 is 86.4 Å². The zero-order valence-electron chi connectivity index (χ0n) is 38.8. The molecule has 2 aliphatic carbocycles. The molecule has 0 spiro atoms. The number of amides is 4. The predicted octanol–water partition coefficient (Wildman–Crippen LogP) is 6.28. The Kier molecular flexibility index (Phi) is 13.4. The number of benzene rings is 2. The molecule has 3 N–H and O–H groups in total. The number of carbonyl (C=O) groups excluding carboxylic acids is 3. The van der Waals surface area contributed by atoms with Gasteiger partial charge in [-0.1, -0.05) is 38.1 Å². The van der Waals surface area contributed by atoms with Gasteiger partial charge in [0.15, 0.2) is 0 Å². The van der Waals surface area contributed by atoms with Crippen LogP contribution in [-0.2, 0) is 29.1 Å². The molecule has 3 aromatic rings. The first-order valence-electron chi connectivity index (χ1n) is 23.2. The Labute approximate surface area is 393 Å². The third-order valence-electron chi connectivity index (χ3n) is 14.2. The number of methoxy groups -OCH3 is 1. The van der Waals surface area contributed by atoms with Crippen molar-refractivity contribution in [2.24, 2.45) is 17.8 Å². The number of anilines is 1. The van der Waals surface area contributed by atoms with Crippen LogP contribution in [0.4, 0.5) is 23.7 Å². The third kappa shape index (κ3) is 9.80. The van der Waals surface area contributed by atoms with E-state index in [2.05, 4.69) is 14.9 Å². The standard InChI is InChI=1S/C48H59F3N6O10S/c1-28-8-6-7-9-32-26-47(32,44(60)54-68(63,64)36-15-16-36)53-41(58)39-25-35(27-56(39)43(59)40(29(2)22-28)57(45(61)62)46(3,4)48(49,50)51)67-42-37-17-14-34(65-5)23-31(37)24-38(52-42)30-10-12-33(13-11-30)55-18-20-66-21-19-55/h7,9-14,17,23-24,28-29,32,35-36,39-40H,6,8,15-16,18-22,25-27H2,1-5H3,(H,53,58)(H,54,60)(H,61,62)/b9-7-/t28-,29-,32-,35-,39+,40+,47-/m1/s1. The Morgan fingerprint density at radius 1 is 1.01 bits per heavy atom. The molecule has 7 atom stereocenters. The summed E-state index contributed by atoms with van der Waals surface area (Å²) in [5, 5.41) is 13.9. The zero-order valence-corrected chi connectivity index (χ0v) is 39.6. The molecule has 2 saturated carbocycles. The number of rotatable bonds is 10. The Hall–Kier alpha value is -5.63. The number of nitrogens with one attached hydrogen (secondary N) is 2. The van der Waals surface area contributed by atoms with Crippen LogP contribution in [0, 0.1) is 17.8 Å². The summed E-state index contributed by atoms with van der Waals surface area (Å²) in [5.74, 6) is -4.00. The molecule has 16 nitrogen and oxygen atoms in total. The predicted molar refractivity (Wildman–Crippen MR) is 245 cm³/mol. The number of pyridine rings is 1. The number of fused-ring (bicyclic) bond motifs is 3. The molecule has 4 heterocycles. The number of aromatic nitrogens is 1. The highest BCUT2D eigenvalue weighted by Gasteiger charge is 2.63. The SMILES string of the molecule is COc1ccc2c(O[C@@H]3C[C@H]4C(=O)N[C@]5(C(=O)NS(=O)(=O)C6CC6)C[C@H]5/C=C\CC[C@@H](C)C[C@@H](C)[C@H](N(C(=O)O)C(C)(C)C(F)(F)F)C(=O)N4C3)nc(-c3ccc(N4CCOCC4)cc3)cc2c1. The van der Waals surface area contributed by atoms with E-state index in [9.17, 15) is 41.1 Å². The number of allylic oxidation sites excluding steroid dienone is 1. The topological polar surface area (TPSA) is 197 Å². The summed E-state index contributed by atoms with van der Waals surface area (Å²) in [7, 11) is -2.52. The van der Waals surface area contributed by atoms with Gasteiger partial charge in [-0.3, -0.25) is 24.0 Å². The summed E-state index contributed by atoms with van der Waals surface area (Å²) in [6.45, 7) is 7.12. The van der Waals surface area contributed by atoms with Crippen molar-refractivity contribution < 1.29 is 60.1 Å². The van der Waals surface area contributed by atoms with Crippen molar-refractivity contribution in [2.45, 2.75) is 113 Å². The maximum atomic E-state index is 15.3. The molecule has 20 heteroatoms. The molecule has 368 valence electrons. The lowest BCUT2D eigenvalue weighted by Gasteiger charge is -2.45. The van der Waals surface area contributed by atoms with Gasteiger partial charge in [0.2, 0.25) is 27.7 Å². The van der Waals surface area contributed by atoms with Gasteiger partial charge in [-0.25, -0.2) is 18.2 Å². The van der Waals surface area contributed by atoms with E-state index in [4.69, 9.17) is 19.2 Å². The smallest absolute Gasteiger partial charge is 0.411 e. The van der Waals surface area contributed by atoms with Gasteiger partial charge in [0.05, 0.1) is 37.8 Å². The fourth-order valence-corrected chi connectivity index (χ4v) is 11.2. The quantitative estimate of drug-likeness (QED) is 0.193. The maximum Gasteiger partial charge on any atom is 0.411 e. The van der Waals surface area contributed by atoms with Gasteiger partial charge in [-0.05, 0) is 106 Å². The maximum absolute atomic E-state index is 15.3. The summed E-state index contributed by atoms with van der Waals surface area (Å²) in [4.78, 5) is 65.6. The average Bonchev–Trinajstić information content (AvgIpc) is 4.22. The number of hydrogen-bond acceptors (Lipinski definition) is 11. The van der Waals surface area contributed by atoms with Gasteiger partial charge >= 0.3 is 12.3 Å². The largest absolute Gasteiger partial charge is 0.497 e. The molecule has 2 saturated heterocycles. The first kappa shape index (κ1) is 48.8. The van der Waals surface area contributed by atoms with Crippen LogP contribution >= 0.6 is 0 Å². The number of ether oxygens (including phenoxy) is 3. The minimum absolute atomic E-state index is 0.0449. The Morgan fingerprint density at radius 3 is 2.37 bits per heavy atom. The number of carbonyl (C=O) groups is 4. The van der Waals surface area contributed by atoms with E-state index in [0.717, 1.165) is 29.2 Å².